The Kier molecular flexibility index (Phi) is 6.51. The van der Waals surface area contributed by atoms with Crippen LogP contribution < -0.4 is 5.32 Å². The number of nitrogens with zero attached hydrogens (tertiary/aromatic N) is 5. The second-order valence-corrected chi connectivity index (χ2v) is 4.85. The molecule has 0 unspecified atom stereocenters. The maximum Gasteiger partial charge on any atom is 0.417 e. The highest BCUT2D eigenvalue weighted by atomic mass is 19.4. The largest absolute Gasteiger partial charge is 0.417 e. The molecule has 0 spiro atoms. The first kappa shape index (κ1) is 20.0. The van der Waals surface area contributed by atoms with E-state index in [0.717, 1.165) is 6.42 Å². The molecule has 0 bridgehead atoms. The lowest BCUT2D eigenvalue weighted by Gasteiger charge is -2.14. The van der Waals surface area contributed by atoms with Crippen LogP contribution in [-0.4, -0.2) is 16.4 Å². The van der Waals surface area contributed by atoms with Crippen molar-refractivity contribution in [3.8, 4) is 0 Å². The van der Waals surface area contributed by atoms with Gasteiger partial charge in [-0.2, -0.15) is 13.2 Å². The van der Waals surface area contributed by atoms with Crippen molar-refractivity contribution < 1.29 is 23.0 Å². The molecule has 1 aromatic rings. The normalized spacial score (nSPS) is 10.9. The molecule has 25 heavy (non-hydrogen) atoms. The summed E-state index contributed by atoms with van der Waals surface area (Å²) in [5.41, 5.74) is 2.26. The van der Waals surface area contributed by atoms with Crippen LogP contribution in [0.1, 0.15) is 31.7 Å². The van der Waals surface area contributed by atoms with Crippen molar-refractivity contribution >= 4 is 22.7 Å². The second-order valence-electron chi connectivity index (χ2n) is 4.85. The molecule has 0 heterocycles. The topological polar surface area (TPSA) is 147 Å². The van der Waals surface area contributed by atoms with Gasteiger partial charge in [-0.1, -0.05) is 24.9 Å². The van der Waals surface area contributed by atoms with E-state index in [1.54, 1.807) is 0 Å². The van der Waals surface area contributed by atoms with Gasteiger partial charge < -0.3 is 5.32 Å². The van der Waals surface area contributed by atoms with Crippen molar-refractivity contribution in [1.82, 2.24) is 0 Å². The summed E-state index contributed by atoms with van der Waals surface area (Å²) >= 11 is 0. The van der Waals surface area contributed by atoms with Crippen LogP contribution in [0.2, 0.25) is 0 Å². The van der Waals surface area contributed by atoms with Gasteiger partial charge >= 0.3 is 11.9 Å². The molecule has 0 atom stereocenters. The van der Waals surface area contributed by atoms with Gasteiger partial charge in [-0.05, 0) is 12.0 Å². The van der Waals surface area contributed by atoms with E-state index in [1.165, 1.54) is 0 Å². The standard InChI is InChI=1S/C12H13F3N6O4/c1-2-3-4-5-17-10-8(20(22)23)6-7(12(13,14)15)9(18-19-16)11(10)21(24)25/h6,17H,2-5H2,1H3. The fraction of sp³-hybridized carbons (Fsp3) is 0.500. The Hall–Kier alpha value is -3.08. The average molecular weight is 362 g/mol. The van der Waals surface area contributed by atoms with Crippen LogP contribution in [0.15, 0.2) is 11.2 Å². The second kappa shape index (κ2) is 8.15. The summed E-state index contributed by atoms with van der Waals surface area (Å²) in [6.07, 6.45) is -3.19. The van der Waals surface area contributed by atoms with Crippen LogP contribution in [-0.2, 0) is 6.18 Å². The molecule has 10 nitrogen and oxygen atoms in total. The predicted octanol–water partition coefficient (Wildman–Crippen LogP) is 5.07. The highest BCUT2D eigenvalue weighted by Crippen LogP contribution is 2.49. The molecule has 0 radical (unpaired) electrons. The molecule has 13 heteroatoms. The van der Waals surface area contributed by atoms with Crippen molar-refractivity contribution in [1.29, 1.82) is 0 Å². The van der Waals surface area contributed by atoms with E-state index < -0.39 is 44.3 Å². The first-order chi connectivity index (χ1) is 11.6. The Morgan fingerprint density at radius 2 is 1.92 bits per heavy atom. The number of nitro benzene ring substituents is 2. The van der Waals surface area contributed by atoms with E-state index in [0.29, 0.717) is 12.8 Å². The van der Waals surface area contributed by atoms with Gasteiger partial charge in [0.05, 0.1) is 15.4 Å². The molecule has 0 fully saturated rings. The summed E-state index contributed by atoms with van der Waals surface area (Å²) in [5.74, 6) is 0. The molecular weight excluding hydrogens is 349 g/mol. The summed E-state index contributed by atoms with van der Waals surface area (Å²) in [4.78, 5) is 22.1. The Balaban J connectivity index is 3.72. The quantitative estimate of drug-likeness (QED) is 0.171. The molecule has 1 N–H and O–H groups in total. The number of unbranched alkanes of at least 4 members (excludes halogenated alkanes) is 2. The van der Waals surface area contributed by atoms with Gasteiger partial charge in [0.1, 0.15) is 5.69 Å². The third-order valence-corrected chi connectivity index (χ3v) is 3.16. The van der Waals surface area contributed by atoms with Crippen LogP contribution in [0.25, 0.3) is 10.4 Å². The number of hydrogen-bond donors (Lipinski definition) is 1. The zero-order valence-electron chi connectivity index (χ0n) is 12.9. The van der Waals surface area contributed by atoms with Gasteiger partial charge in [-0.3, -0.25) is 20.2 Å². The highest BCUT2D eigenvalue weighted by molar-refractivity contribution is 5.85. The lowest BCUT2D eigenvalue weighted by molar-refractivity contribution is -0.392. The van der Waals surface area contributed by atoms with Gasteiger partial charge in [-0.25, -0.2) is 0 Å². The average Bonchev–Trinajstić information content (AvgIpc) is 2.49. The van der Waals surface area contributed by atoms with Crippen molar-refractivity contribution in [2.75, 3.05) is 11.9 Å². The predicted molar refractivity (Wildman–Crippen MR) is 81.6 cm³/mol. The number of benzene rings is 1. The van der Waals surface area contributed by atoms with Crippen LogP contribution in [0.3, 0.4) is 0 Å². The molecule has 0 aliphatic carbocycles. The Morgan fingerprint density at radius 3 is 2.36 bits per heavy atom. The number of hydrogen-bond acceptors (Lipinski definition) is 6. The van der Waals surface area contributed by atoms with Crippen LogP contribution in [0.5, 0.6) is 0 Å². The maximum atomic E-state index is 13.1. The van der Waals surface area contributed by atoms with E-state index in [-0.39, 0.29) is 12.6 Å². The molecule has 0 amide bonds. The summed E-state index contributed by atoms with van der Waals surface area (Å²) in [5, 5.41) is 27.5. The van der Waals surface area contributed by atoms with Gasteiger partial charge in [-0.15, -0.1) is 0 Å². The summed E-state index contributed by atoms with van der Waals surface area (Å²) in [6, 6.07) is 0.124. The molecule has 0 aliphatic heterocycles. The van der Waals surface area contributed by atoms with E-state index >= 15 is 0 Å². The number of alkyl halides is 3. The Morgan fingerprint density at radius 1 is 1.28 bits per heavy atom. The van der Waals surface area contributed by atoms with Gasteiger partial charge in [0.2, 0.25) is 0 Å². The maximum absolute atomic E-state index is 13.1. The van der Waals surface area contributed by atoms with E-state index in [4.69, 9.17) is 5.53 Å². The first-order valence-corrected chi connectivity index (χ1v) is 7.01. The molecule has 0 saturated carbocycles. The van der Waals surface area contributed by atoms with Crippen molar-refractivity contribution in [2.45, 2.75) is 32.4 Å². The molecule has 0 aromatic heterocycles. The molecule has 136 valence electrons. The smallest absolute Gasteiger partial charge is 0.374 e. The molecule has 0 aliphatic rings. The Labute approximate surface area is 138 Å². The number of anilines is 1. The number of azide groups is 1. The molecule has 1 aromatic carbocycles. The minimum absolute atomic E-state index is 0.0661. The van der Waals surface area contributed by atoms with E-state index in [1.807, 2.05) is 6.92 Å². The summed E-state index contributed by atoms with van der Waals surface area (Å²) in [7, 11) is 0. The van der Waals surface area contributed by atoms with Crippen LogP contribution in [0, 0.1) is 20.2 Å². The summed E-state index contributed by atoms with van der Waals surface area (Å²) < 4.78 is 39.3. The van der Waals surface area contributed by atoms with Crippen LogP contribution >= 0.6 is 0 Å². The van der Waals surface area contributed by atoms with Gasteiger partial charge in [0.15, 0.2) is 5.69 Å². The molecule has 0 saturated heterocycles. The fourth-order valence-electron chi connectivity index (χ4n) is 2.09. The van der Waals surface area contributed by atoms with Gasteiger partial charge in [0, 0.05) is 17.5 Å². The fourth-order valence-corrected chi connectivity index (χ4v) is 2.09. The Bertz CT molecular complexity index is 731. The monoisotopic (exact) mass is 362 g/mol. The number of halogens is 3. The molecule has 1 rings (SSSR count). The lowest BCUT2D eigenvalue weighted by atomic mass is 10.1. The van der Waals surface area contributed by atoms with Gasteiger partial charge in [0.25, 0.3) is 5.69 Å². The van der Waals surface area contributed by atoms with Crippen molar-refractivity contribution in [2.24, 2.45) is 5.11 Å². The van der Waals surface area contributed by atoms with E-state index in [2.05, 4.69) is 15.3 Å². The zero-order valence-corrected chi connectivity index (χ0v) is 12.9. The highest BCUT2D eigenvalue weighted by Gasteiger charge is 2.42. The zero-order chi connectivity index (χ0) is 19.2. The minimum atomic E-state index is -5.18. The minimum Gasteiger partial charge on any atom is -0.374 e. The lowest BCUT2D eigenvalue weighted by Crippen LogP contribution is -2.12. The number of rotatable bonds is 8. The number of nitrogens with one attached hydrogen (secondary N) is 1. The molecular formula is C12H13F3N6O4. The van der Waals surface area contributed by atoms with Crippen molar-refractivity contribution in [3.63, 3.8) is 0 Å². The third-order valence-electron chi connectivity index (χ3n) is 3.16. The first-order valence-electron chi connectivity index (χ1n) is 7.01. The summed E-state index contributed by atoms with van der Waals surface area (Å²) in [6.45, 7) is 1.94. The van der Waals surface area contributed by atoms with E-state index in [9.17, 15) is 33.4 Å². The van der Waals surface area contributed by atoms with Crippen LogP contribution in [0.4, 0.5) is 35.9 Å². The SMILES string of the molecule is CCCCCNc1c([N+](=O)[O-])cc(C(F)(F)F)c(N=[N+]=[N-])c1[N+](=O)[O-]. The number of nitro groups is 2. The van der Waals surface area contributed by atoms with Crippen molar-refractivity contribution in [3.05, 3.63) is 42.3 Å². The third kappa shape index (κ3) is 4.70.